The van der Waals surface area contributed by atoms with Gasteiger partial charge in [0.2, 0.25) is 5.91 Å². The van der Waals surface area contributed by atoms with E-state index in [1.807, 2.05) is 37.3 Å². The van der Waals surface area contributed by atoms with Gasteiger partial charge in [-0.25, -0.2) is 4.68 Å². The van der Waals surface area contributed by atoms with Crippen molar-refractivity contribution in [3.8, 4) is 5.69 Å². The maximum absolute atomic E-state index is 11.5. The third-order valence-corrected chi connectivity index (χ3v) is 4.79. The van der Waals surface area contributed by atoms with E-state index in [0.717, 1.165) is 16.4 Å². The van der Waals surface area contributed by atoms with Crippen LogP contribution in [0.3, 0.4) is 0 Å². The summed E-state index contributed by atoms with van der Waals surface area (Å²) in [6, 6.07) is 9.76. The summed E-state index contributed by atoms with van der Waals surface area (Å²) in [5.74, 6) is 0.404. The lowest BCUT2D eigenvalue weighted by Gasteiger charge is -2.01. The number of hydrogen-bond acceptors (Lipinski definition) is 5. The molecule has 106 valence electrons. The molecule has 0 unspecified atom stereocenters. The van der Waals surface area contributed by atoms with Crippen LogP contribution in [0.25, 0.3) is 5.69 Å². The lowest BCUT2D eigenvalue weighted by atomic mass is 10.3. The first-order valence-corrected chi connectivity index (χ1v) is 8.47. The fraction of sp³-hybridized carbons (Fsp3) is 0.308. The smallest absolute Gasteiger partial charge is 0.230 e. The van der Waals surface area contributed by atoms with E-state index >= 15 is 0 Å². The third-order valence-electron chi connectivity index (χ3n) is 2.43. The summed E-state index contributed by atoms with van der Waals surface area (Å²) < 4.78 is 3.23. The Hall–Kier alpha value is -1.18. The molecule has 7 heteroatoms. The maximum Gasteiger partial charge on any atom is 0.230 e. The minimum atomic E-state index is 0.0317. The average molecular weight is 325 g/mol. The van der Waals surface area contributed by atoms with Crippen LogP contribution in [-0.2, 0) is 4.79 Å². The van der Waals surface area contributed by atoms with E-state index in [9.17, 15) is 4.79 Å². The number of carbonyl (C=O) groups excluding carboxylic acids is 1. The van der Waals surface area contributed by atoms with Crippen molar-refractivity contribution in [1.29, 1.82) is 0 Å². The summed E-state index contributed by atoms with van der Waals surface area (Å²) >= 11 is 8.15. The fourth-order valence-electron chi connectivity index (χ4n) is 1.49. The Labute approximate surface area is 131 Å². The quantitative estimate of drug-likeness (QED) is 0.654. The zero-order valence-corrected chi connectivity index (χ0v) is 13.5. The average Bonchev–Trinajstić information content (AvgIpc) is 2.85. The molecule has 0 aliphatic rings. The number of nitrogens with zero attached hydrogens (tertiary/aromatic N) is 2. The van der Waals surface area contributed by atoms with Gasteiger partial charge in [-0.15, -0.1) is 5.10 Å². The molecule has 4 nitrogen and oxygen atoms in total. The topological polar surface area (TPSA) is 46.9 Å². The predicted molar refractivity (Wildman–Crippen MR) is 86.3 cm³/mol. The molecule has 1 aromatic carbocycles. The first-order valence-electron chi connectivity index (χ1n) is 6.26. The van der Waals surface area contributed by atoms with Crippen LogP contribution >= 0.6 is 35.3 Å². The number of para-hydroxylation sites is 1. The highest BCUT2D eigenvalue weighted by molar-refractivity contribution is 8.01. The summed E-state index contributed by atoms with van der Waals surface area (Å²) in [4.78, 5) is 11.5. The van der Waals surface area contributed by atoms with Crippen molar-refractivity contribution in [2.24, 2.45) is 0 Å². The van der Waals surface area contributed by atoms with E-state index in [-0.39, 0.29) is 5.91 Å². The molecule has 2 aromatic rings. The first-order chi connectivity index (χ1) is 9.70. The van der Waals surface area contributed by atoms with Gasteiger partial charge in [0.15, 0.2) is 8.29 Å². The summed E-state index contributed by atoms with van der Waals surface area (Å²) in [6.45, 7) is 2.74. The normalized spacial score (nSPS) is 10.4. The van der Waals surface area contributed by atoms with E-state index in [2.05, 4.69) is 10.4 Å². The summed E-state index contributed by atoms with van der Waals surface area (Å²) in [6.07, 6.45) is 0.942. The van der Waals surface area contributed by atoms with E-state index in [1.165, 1.54) is 23.1 Å². The molecule has 0 bridgehead atoms. The Morgan fingerprint density at radius 3 is 2.90 bits per heavy atom. The zero-order chi connectivity index (χ0) is 14.4. The molecule has 0 radical (unpaired) electrons. The Kier molecular flexibility index (Phi) is 5.75. The molecule has 0 aliphatic heterocycles. The summed E-state index contributed by atoms with van der Waals surface area (Å²) in [5.41, 5.74) is 0.941. The van der Waals surface area contributed by atoms with E-state index in [1.54, 1.807) is 4.68 Å². The minimum Gasteiger partial charge on any atom is -0.355 e. The van der Waals surface area contributed by atoms with Crippen molar-refractivity contribution >= 4 is 41.2 Å². The largest absolute Gasteiger partial charge is 0.355 e. The standard InChI is InChI=1S/C13H15N3OS3/c1-2-8-14-11(17)9-19-12-15-16(13(18)20-12)10-6-4-3-5-7-10/h3-7H,2,8-9H2,1H3,(H,14,17). The SMILES string of the molecule is CCCNC(=O)CSc1nn(-c2ccccc2)c(=S)s1. The van der Waals surface area contributed by atoms with Crippen LogP contribution in [-0.4, -0.2) is 28.0 Å². The molecule has 1 amide bonds. The first kappa shape index (κ1) is 15.2. The van der Waals surface area contributed by atoms with E-state index in [0.29, 0.717) is 16.3 Å². The summed E-state index contributed by atoms with van der Waals surface area (Å²) in [7, 11) is 0. The number of carbonyl (C=O) groups is 1. The Morgan fingerprint density at radius 1 is 1.45 bits per heavy atom. The molecule has 2 rings (SSSR count). The van der Waals surface area contributed by atoms with Gasteiger partial charge in [-0.3, -0.25) is 4.79 Å². The van der Waals surface area contributed by atoms with Gasteiger partial charge >= 0.3 is 0 Å². The maximum atomic E-state index is 11.5. The Balaban J connectivity index is 2.01. The molecular formula is C13H15N3OS3. The van der Waals surface area contributed by atoms with Gasteiger partial charge in [-0.05, 0) is 30.8 Å². The highest BCUT2D eigenvalue weighted by Gasteiger charge is 2.08. The van der Waals surface area contributed by atoms with Gasteiger partial charge in [-0.2, -0.15) is 0 Å². The molecule has 1 N–H and O–H groups in total. The predicted octanol–water partition coefficient (Wildman–Crippen LogP) is 3.28. The number of amides is 1. The second-order valence-electron chi connectivity index (χ2n) is 4.02. The molecule has 0 spiro atoms. The number of nitrogens with one attached hydrogen (secondary N) is 1. The number of aromatic nitrogens is 2. The third kappa shape index (κ3) is 4.16. The van der Waals surface area contributed by atoms with Crippen LogP contribution in [0.1, 0.15) is 13.3 Å². The van der Waals surface area contributed by atoms with E-state index in [4.69, 9.17) is 12.2 Å². The fourth-order valence-corrected chi connectivity index (χ4v) is 3.69. The van der Waals surface area contributed by atoms with Crippen molar-refractivity contribution in [2.75, 3.05) is 12.3 Å². The van der Waals surface area contributed by atoms with Crippen LogP contribution in [0.2, 0.25) is 0 Å². The van der Waals surface area contributed by atoms with Crippen molar-refractivity contribution in [3.63, 3.8) is 0 Å². The molecule has 0 fully saturated rings. The number of thioether (sulfide) groups is 1. The monoisotopic (exact) mass is 325 g/mol. The van der Waals surface area contributed by atoms with Gasteiger partial charge in [0.05, 0.1) is 11.4 Å². The number of hydrogen-bond donors (Lipinski definition) is 1. The molecule has 0 aliphatic carbocycles. The van der Waals surface area contributed by atoms with Crippen LogP contribution in [0.5, 0.6) is 0 Å². The van der Waals surface area contributed by atoms with Crippen LogP contribution in [0.15, 0.2) is 34.7 Å². The molecule has 0 atom stereocenters. The molecular weight excluding hydrogens is 310 g/mol. The Bertz CT molecular complexity index is 621. The number of rotatable bonds is 6. The molecule has 1 heterocycles. The molecule has 0 saturated carbocycles. The van der Waals surface area contributed by atoms with E-state index < -0.39 is 0 Å². The van der Waals surface area contributed by atoms with Crippen LogP contribution in [0, 0.1) is 3.95 Å². The summed E-state index contributed by atoms with van der Waals surface area (Å²) in [5, 5.41) is 7.29. The molecule has 20 heavy (non-hydrogen) atoms. The van der Waals surface area contributed by atoms with Crippen LogP contribution < -0.4 is 5.32 Å². The van der Waals surface area contributed by atoms with Gasteiger partial charge in [0.25, 0.3) is 0 Å². The minimum absolute atomic E-state index is 0.0317. The van der Waals surface area contributed by atoms with Gasteiger partial charge in [-0.1, -0.05) is 48.2 Å². The lowest BCUT2D eigenvalue weighted by Crippen LogP contribution is -2.25. The second-order valence-corrected chi connectivity index (χ2v) is 6.86. The Morgan fingerprint density at radius 2 is 2.20 bits per heavy atom. The van der Waals surface area contributed by atoms with Crippen molar-refractivity contribution in [2.45, 2.75) is 17.7 Å². The highest BCUT2D eigenvalue weighted by Crippen LogP contribution is 2.23. The van der Waals surface area contributed by atoms with Crippen molar-refractivity contribution in [1.82, 2.24) is 15.1 Å². The molecule has 0 saturated heterocycles. The van der Waals surface area contributed by atoms with Crippen molar-refractivity contribution in [3.05, 3.63) is 34.3 Å². The lowest BCUT2D eigenvalue weighted by molar-refractivity contribution is -0.118. The number of benzene rings is 1. The molecule has 1 aromatic heterocycles. The van der Waals surface area contributed by atoms with Gasteiger partial charge < -0.3 is 5.32 Å². The van der Waals surface area contributed by atoms with Crippen molar-refractivity contribution < 1.29 is 4.79 Å². The zero-order valence-electron chi connectivity index (χ0n) is 11.0. The second kappa shape index (κ2) is 7.56. The van der Waals surface area contributed by atoms with Crippen LogP contribution in [0.4, 0.5) is 0 Å². The highest BCUT2D eigenvalue weighted by atomic mass is 32.2. The van der Waals surface area contributed by atoms with Gasteiger partial charge in [0, 0.05) is 6.54 Å². The van der Waals surface area contributed by atoms with Gasteiger partial charge in [0.1, 0.15) is 0 Å².